The van der Waals surface area contributed by atoms with E-state index in [1.165, 1.54) is 19.3 Å². The first kappa shape index (κ1) is 14.0. The van der Waals surface area contributed by atoms with Crippen molar-refractivity contribution in [2.24, 2.45) is 23.5 Å². The summed E-state index contributed by atoms with van der Waals surface area (Å²) in [5.74, 6) is 2.41. The fraction of sp³-hybridized carbons (Fsp3) is 1.00. The van der Waals surface area contributed by atoms with Gasteiger partial charge in [0.25, 0.3) is 0 Å². The van der Waals surface area contributed by atoms with Gasteiger partial charge in [-0.1, -0.05) is 20.3 Å². The Labute approximate surface area is 102 Å². The van der Waals surface area contributed by atoms with Gasteiger partial charge in [-0.3, -0.25) is 0 Å². The molecular weight excluding hydrogens is 196 g/mol. The summed E-state index contributed by atoms with van der Waals surface area (Å²) in [5, 5.41) is 0. The second kappa shape index (κ2) is 5.05. The van der Waals surface area contributed by atoms with Crippen molar-refractivity contribution in [1.82, 2.24) is 4.90 Å². The lowest BCUT2D eigenvalue weighted by Crippen LogP contribution is -2.57. The summed E-state index contributed by atoms with van der Waals surface area (Å²) in [7, 11) is 4.27. The second-order valence-electron chi connectivity index (χ2n) is 6.60. The number of hydrogen-bond acceptors (Lipinski definition) is 2. The standard InChI is InChI=1S/C14H30N2/c1-10-7-8-12(9-11(10)2)13(15)14(3,4)16(5)6/h10-13H,7-9,15H2,1-6H3. The number of rotatable bonds is 3. The van der Waals surface area contributed by atoms with Crippen LogP contribution >= 0.6 is 0 Å². The van der Waals surface area contributed by atoms with E-state index in [2.05, 4.69) is 46.7 Å². The van der Waals surface area contributed by atoms with Gasteiger partial charge in [0.2, 0.25) is 0 Å². The third kappa shape index (κ3) is 2.78. The quantitative estimate of drug-likeness (QED) is 0.802. The highest BCUT2D eigenvalue weighted by Crippen LogP contribution is 2.37. The van der Waals surface area contributed by atoms with Crippen molar-refractivity contribution in [1.29, 1.82) is 0 Å². The van der Waals surface area contributed by atoms with Crippen molar-refractivity contribution in [3.8, 4) is 0 Å². The molecule has 1 aliphatic rings. The van der Waals surface area contributed by atoms with E-state index >= 15 is 0 Å². The molecule has 0 heterocycles. The zero-order valence-electron chi connectivity index (χ0n) is 12.0. The van der Waals surface area contributed by atoms with Crippen LogP contribution in [0.2, 0.25) is 0 Å². The third-order valence-electron chi connectivity index (χ3n) is 5.11. The van der Waals surface area contributed by atoms with Gasteiger partial charge in [-0.15, -0.1) is 0 Å². The van der Waals surface area contributed by atoms with Gasteiger partial charge in [0.1, 0.15) is 0 Å². The topological polar surface area (TPSA) is 29.3 Å². The number of likely N-dealkylation sites (N-methyl/N-ethyl adjacent to an activating group) is 1. The molecule has 96 valence electrons. The van der Waals surface area contributed by atoms with Gasteiger partial charge in [0, 0.05) is 11.6 Å². The smallest absolute Gasteiger partial charge is 0.0300 e. The highest BCUT2D eigenvalue weighted by molar-refractivity contribution is 4.95. The Morgan fingerprint density at radius 3 is 2.12 bits per heavy atom. The fourth-order valence-corrected chi connectivity index (χ4v) is 2.79. The van der Waals surface area contributed by atoms with Crippen molar-refractivity contribution in [2.45, 2.75) is 58.5 Å². The maximum Gasteiger partial charge on any atom is 0.0300 e. The van der Waals surface area contributed by atoms with Crippen LogP contribution in [0.25, 0.3) is 0 Å². The summed E-state index contributed by atoms with van der Waals surface area (Å²) in [5.41, 5.74) is 6.60. The number of hydrogen-bond donors (Lipinski definition) is 1. The van der Waals surface area contributed by atoms with Crippen LogP contribution in [0.5, 0.6) is 0 Å². The van der Waals surface area contributed by atoms with E-state index in [0.717, 1.165) is 11.8 Å². The Morgan fingerprint density at radius 2 is 1.69 bits per heavy atom. The highest BCUT2D eigenvalue weighted by Gasteiger charge is 2.37. The minimum atomic E-state index is 0.102. The Hall–Kier alpha value is -0.0800. The van der Waals surface area contributed by atoms with Gasteiger partial charge in [-0.2, -0.15) is 0 Å². The molecule has 4 atom stereocenters. The molecule has 0 aromatic heterocycles. The molecule has 0 aliphatic heterocycles. The lowest BCUT2D eigenvalue weighted by Gasteiger charge is -2.45. The molecular formula is C14H30N2. The summed E-state index contributed by atoms with van der Waals surface area (Å²) in [4.78, 5) is 2.26. The molecule has 0 aromatic carbocycles. The molecule has 1 aliphatic carbocycles. The van der Waals surface area contributed by atoms with E-state index in [1.54, 1.807) is 0 Å². The molecule has 1 rings (SSSR count). The van der Waals surface area contributed by atoms with E-state index in [-0.39, 0.29) is 11.6 Å². The van der Waals surface area contributed by atoms with Crippen LogP contribution < -0.4 is 5.73 Å². The molecule has 4 unspecified atom stereocenters. The summed E-state index contributed by atoms with van der Waals surface area (Å²) < 4.78 is 0. The normalized spacial score (nSPS) is 34.1. The molecule has 2 N–H and O–H groups in total. The van der Waals surface area contributed by atoms with Gasteiger partial charge >= 0.3 is 0 Å². The molecule has 1 saturated carbocycles. The molecule has 0 aromatic rings. The Kier molecular flexibility index (Phi) is 4.42. The van der Waals surface area contributed by atoms with Crippen molar-refractivity contribution < 1.29 is 0 Å². The fourth-order valence-electron chi connectivity index (χ4n) is 2.79. The van der Waals surface area contributed by atoms with Crippen molar-refractivity contribution >= 4 is 0 Å². The maximum absolute atomic E-state index is 6.49. The first-order chi connectivity index (χ1) is 7.26. The van der Waals surface area contributed by atoms with Gasteiger partial charge in [-0.05, 0) is 58.5 Å². The predicted octanol–water partition coefficient (Wildman–Crippen LogP) is 2.73. The largest absolute Gasteiger partial charge is 0.326 e. The first-order valence-corrected chi connectivity index (χ1v) is 6.69. The average molecular weight is 226 g/mol. The van der Waals surface area contributed by atoms with E-state index in [0.29, 0.717) is 5.92 Å². The summed E-state index contributed by atoms with van der Waals surface area (Å²) in [6, 6.07) is 0.289. The summed E-state index contributed by atoms with van der Waals surface area (Å²) >= 11 is 0. The van der Waals surface area contributed by atoms with E-state index in [4.69, 9.17) is 5.73 Å². The van der Waals surface area contributed by atoms with Crippen molar-refractivity contribution in [3.05, 3.63) is 0 Å². The SMILES string of the molecule is CC1CCC(C(N)C(C)(C)N(C)C)CC1C. The summed E-state index contributed by atoms with van der Waals surface area (Å²) in [6.07, 6.45) is 3.96. The van der Waals surface area contributed by atoms with Gasteiger partial charge < -0.3 is 10.6 Å². The molecule has 2 heteroatoms. The monoisotopic (exact) mass is 226 g/mol. The van der Waals surface area contributed by atoms with E-state index in [1.807, 2.05) is 0 Å². The molecule has 0 radical (unpaired) electrons. The van der Waals surface area contributed by atoms with Crippen LogP contribution in [0.3, 0.4) is 0 Å². The zero-order valence-corrected chi connectivity index (χ0v) is 12.0. The maximum atomic E-state index is 6.49. The number of nitrogens with two attached hydrogens (primary N) is 1. The molecule has 16 heavy (non-hydrogen) atoms. The van der Waals surface area contributed by atoms with Gasteiger partial charge in [0.05, 0.1) is 0 Å². The predicted molar refractivity (Wildman–Crippen MR) is 71.4 cm³/mol. The third-order valence-corrected chi connectivity index (χ3v) is 5.11. The van der Waals surface area contributed by atoms with Crippen LogP contribution in [0.4, 0.5) is 0 Å². The van der Waals surface area contributed by atoms with Crippen LogP contribution in [0, 0.1) is 17.8 Å². The molecule has 0 bridgehead atoms. The zero-order chi connectivity index (χ0) is 12.5. The van der Waals surface area contributed by atoms with Crippen molar-refractivity contribution in [3.63, 3.8) is 0 Å². The van der Waals surface area contributed by atoms with Crippen LogP contribution in [-0.4, -0.2) is 30.6 Å². The lowest BCUT2D eigenvalue weighted by atomic mass is 9.69. The molecule has 1 fully saturated rings. The van der Waals surface area contributed by atoms with Gasteiger partial charge in [-0.25, -0.2) is 0 Å². The summed E-state index contributed by atoms with van der Waals surface area (Å²) in [6.45, 7) is 9.29. The van der Waals surface area contributed by atoms with Crippen molar-refractivity contribution in [2.75, 3.05) is 14.1 Å². The van der Waals surface area contributed by atoms with Gasteiger partial charge in [0.15, 0.2) is 0 Å². The molecule has 0 amide bonds. The Balaban J connectivity index is 2.65. The highest BCUT2D eigenvalue weighted by atomic mass is 15.2. The Morgan fingerprint density at radius 1 is 1.12 bits per heavy atom. The molecule has 2 nitrogen and oxygen atoms in total. The molecule has 0 saturated heterocycles. The van der Waals surface area contributed by atoms with E-state index in [9.17, 15) is 0 Å². The average Bonchev–Trinajstić information content (AvgIpc) is 2.20. The van der Waals surface area contributed by atoms with Crippen LogP contribution in [0.1, 0.15) is 47.0 Å². The Bertz CT molecular complexity index is 223. The minimum Gasteiger partial charge on any atom is -0.326 e. The van der Waals surface area contributed by atoms with Crippen LogP contribution in [0.15, 0.2) is 0 Å². The van der Waals surface area contributed by atoms with Crippen LogP contribution in [-0.2, 0) is 0 Å². The minimum absolute atomic E-state index is 0.102. The van der Waals surface area contributed by atoms with E-state index < -0.39 is 0 Å². The first-order valence-electron chi connectivity index (χ1n) is 6.69. The molecule has 0 spiro atoms. The lowest BCUT2D eigenvalue weighted by molar-refractivity contribution is 0.0864. The number of nitrogens with zero attached hydrogens (tertiary/aromatic N) is 1. The second-order valence-corrected chi connectivity index (χ2v) is 6.60.